The van der Waals surface area contributed by atoms with Gasteiger partial charge in [0.05, 0.1) is 6.61 Å². The summed E-state index contributed by atoms with van der Waals surface area (Å²) in [5.74, 6) is -2.58. The number of aliphatic carboxylic acids is 2. The van der Waals surface area contributed by atoms with E-state index in [4.69, 9.17) is 26.4 Å². The molecule has 0 unspecified atom stereocenters. The summed E-state index contributed by atoms with van der Waals surface area (Å²) in [6.07, 6.45) is 13.6. The van der Waals surface area contributed by atoms with Crippen molar-refractivity contribution in [3.8, 4) is 0 Å². The van der Waals surface area contributed by atoms with Crippen LogP contribution in [0.15, 0.2) is 0 Å². The number of hydrogen-bond donors (Lipinski definition) is 5. The molecule has 0 aliphatic carbocycles. The van der Waals surface area contributed by atoms with Crippen LogP contribution in [0.25, 0.3) is 0 Å². The number of carbonyl (C=O) groups is 4. The van der Waals surface area contributed by atoms with Gasteiger partial charge in [0.2, 0.25) is 5.91 Å². The molecule has 7 N–H and O–H groups in total. The van der Waals surface area contributed by atoms with Crippen LogP contribution in [0.5, 0.6) is 0 Å². The first kappa shape index (κ1) is 35.0. The summed E-state index contributed by atoms with van der Waals surface area (Å²) in [4.78, 5) is 43.9. The lowest BCUT2D eigenvalue weighted by molar-refractivity contribution is -0.147. The van der Waals surface area contributed by atoms with Crippen LogP contribution >= 0.6 is 0 Å². The molecule has 10 heteroatoms. The summed E-state index contributed by atoms with van der Waals surface area (Å²) in [6, 6.07) is -1.59. The fourth-order valence-corrected chi connectivity index (χ4v) is 3.25. The minimum absolute atomic E-state index is 0.0231. The van der Waals surface area contributed by atoms with E-state index in [-0.39, 0.29) is 24.7 Å². The zero-order valence-corrected chi connectivity index (χ0v) is 21.8. The molecule has 2 atom stereocenters. The molecule has 0 aromatic heterocycles. The van der Waals surface area contributed by atoms with E-state index < -0.39 is 24.0 Å². The van der Waals surface area contributed by atoms with Crippen molar-refractivity contribution in [2.75, 3.05) is 13.2 Å². The number of carbonyl (C=O) groups excluding carboxylic acids is 2. The third-order valence-electron chi connectivity index (χ3n) is 5.35. The van der Waals surface area contributed by atoms with E-state index >= 15 is 0 Å². The molecule has 0 radical (unpaired) electrons. The second-order valence-corrected chi connectivity index (χ2v) is 8.61. The van der Waals surface area contributed by atoms with Crippen molar-refractivity contribution in [2.24, 2.45) is 11.5 Å². The SMILES string of the molecule is CCCCCCCCCCCC(=O)N[C@@H](CCCCN)C(=O)OCC.N[C@@H](CCC(=O)O)C(=O)O. The molecule has 0 heterocycles. The van der Waals surface area contributed by atoms with Crippen LogP contribution in [-0.4, -0.2) is 59.3 Å². The zero-order chi connectivity index (χ0) is 26.9. The summed E-state index contributed by atoms with van der Waals surface area (Å²) in [5, 5.41) is 19.1. The minimum atomic E-state index is -1.17. The maximum atomic E-state index is 12.1. The van der Waals surface area contributed by atoms with Gasteiger partial charge >= 0.3 is 17.9 Å². The Hall–Kier alpha value is -2.20. The van der Waals surface area contributed by atoms with Gasteiger partial charge in [0, 0.05) is 12.8 Å². The smallest absolute Gasteiger partial charge is 0.328 e. The van der Waals surface area contributed by atoms with E-state index in [1.807, 2.05) is 0 Å². The minimum Gasteiger partial charge on any atom is -0.481 e. The average molecular weight is 504 g/mol. The van der Waals surface area contributed by atoms with Crippen LogP contribution in [0.4, 0.5) is 0 Å². The summed E-state index contributed by atoms with van der Waals surface area (Å²) in [6.45, 7) is 4.94. The Labute approximate surface area is 210 Å². The Balaban J connectivity index is 0. The number of carboxylic acid groups (broad SMARTS) is 2. The Kier molecular flexibility index (Phi) is 24.9. The fraction of sp³-hybridized carbons (Fsp3) is 0.840. The number of esters is 1. The lowest BCUT2D eigenvalue weighted by Crippen LogP contribution is -2.41. The predicted molar refractivity (Wildman–Crippen MR) is 136 cm³/mol. The predicted octanol–water partition coefficient (Wildman–Crippen LogP) is 3.35. The quantitative estimate of drug-likeness (QED) is 0.116. The zero-order valence-electron chi connectivity index (χ0n) is 21.8. The van der Waals surface area contributed by atoms with Crippen LogP contribution in [0, 0.1) is 0 Å². The molecule has 1 amide bonds. The molecule has 35 heavy (non-hydrogen) atoms. The molecule has 0 fully saturated rings. The van der Waals surface area contributed by atoms with E-state index in [2.05, 4.69) is 12.2 Å². The van der Waals surface area contributed by atoms with Crippen LogP contribution in [0.3, 0.4) is 0 Å². The van der Waals surface area contributed by atoms with Gasteiger partial charge in [-0.05, 0) is 45.6 Å². The number of rotatable bonds is 21. The van der Waals surface area contributed by atoms with Gasteiger partial charge in [0.1, 0.15) is 12.1 Å². The van der Waals surface area contributed by atoms with Crippen molar-refractivity contribution >= 4 is 23.8 Å². The van der Waals surface area contributed by atoms with Crippen molar-refractivity contribution in [3.05, 3.63) is 0 Å². The monoisotopic (exact) mass is 503 g/mol. The lowest BCUT2D eigenvalue weighted by Gasteiger charge is -2.17. The lowest BCUT2D eigenvalue weighted by atomic mass is 10.1. The molecule has 10 nitrogen and oxygen atoms in total. The van der Waals surface area contributed by atoms with E-state index in [1.165, 1.54) is 44.9 Å². The van der Waals surface area contributed by atoms with Gasteiger partial charge in [-0.2, -0.15) is 0 Å². The normalized spacial score (nSPS) is 12.1. The van der Waals surface area contributed by atoms with E-state index in [0.29, 0.717) is 26.0 Å². The van der Waals surface area contributed by atoms with Crippen LogP contribution in [-0.2, 0) is 23.9 Å². The molecule has 0 bridgehead atoms. The first-order chi connectivity index (χ1) is 16.7. The highest BCUT2D eigenvalue weighted by molar-refractivity contribution is 5.84. The van der Waals surface area contributed by atoms with Crippen molar-refractivity contribution < 1.29 is 34.1 Å². The molecular formula is C25H49N3O7. The van der Waals surface area contributed by atoms with Gasteiger partial charge < -0.3 is 31.7 Å². The van der Waals surface area contributed by atoms with Crippen LogP contribution in [0.1, 0.15) is 110 Å². The number of carboxylic acids is 2. The summed E-state index contributed by atoms with van der Waals surface area (Å²) < 4.78 is 5.05. The standard InChI is InChI=1S/C20H40N2O3.C5H9NO4/c1-3-5-6-7-8-9-10-11-12-16-19(23)22-18(15-13-14-17-21)20(24)25-4-2;6-3(5(9)10)1-2-4(7)8/h18H,3-17,21H2,1-2H3,(H,22,23);3H,1-2,6H2,(H,7,8)(H,9,10)/t18-;3-/m00/s1. The van der Waals surface area contributed by atoms with Crippen LogP contribution < -0.4 is 16.8 Å². The summed E-state index contributed by atoms with van der Waals surface area (Å²) in [5.41, 5.74) is 10.5. The number of ether oxygens (including phenoxy) is 1. The molecular weight excluding hydrogens is 454 g/mol. The van der Waals surface area contributed by atoms with Gasteiger partial charge in [0.25, 0.3) is 0 Å². The number of nitrogens with two attached hydrogens (primary N) is 2. The van der Waals surface area contributed by atoms with Crippen molar-refractivity contribution in [1.82, 2.24) is 5.32 Å². The second kappa shape index (κ2) is 24.9. The molecule has 0 saturated heterocycles. The number of amides is 1. The third kappa shape index (κ3) is 24.7. The fourth-order valence-electron chi connectivity index (χ4n) is 3.25. The van der Waals surface area contributed by atoms with Crippen LogP contribution in [0.2, 0.25) is 0 Å². The van der Waals surface area contributed by atoms with Gasteiger partial charge in [-0.1, -0.05) is 58.3 Å². The molecule has 0 aromatic rings. The second-order valence-electron chi connectivity index (χ2n) is 8.61. The Bertz CT molecular complexity index is 573. The van der Waals surface area contributed by atoms with Gasteiger partial charge in [-0.25, -0.2) is 4.79 Å². The molecule has 0 aliphatic rings. The average Bonchev–Trinajstić information content (AvgIpc) is 2.81. The number of nitrogens with one attached hydrogen (secondary N) is 1. The molecule has 0 aromatic carbocycles. The highest BCUT2D eigenvalue weighted by atomic mass is 16.5. The highest BCUT2D eigenvalue weighted by Crippen LogP contribution is 2.11. The van der Waals surface area contributed by atoms with Crippen molar-refractivity contribution in [2.45, 2.75) is 122 Å². The molecule has 0 aliphatic heterocycles. The Morgan fingerprint density at radius 2 is 1.37 bits per heavy atom. The first-order valence-corrected chi connectivity index (χ1v) is 13.1. The topological polar surface area (TPSA) is 182 Å². The largest absolute Gasteiger partial charge is 0.481 e. The summed E-state index contributed by atoms with van der Waals surface area (Å²) in [7, 11) is 0. The number of hydrogen-bond acceptors (Lipinski definition) is 7. The maximum Gasteiger partial charge on any atom is 0.328 e. The summed E-state index contributed by atoms with van der Waals surface area (Å²) >= 11 is 0. The number of unbranched alkanes of at least 4 members (excludes halogenated alkanes) is 9. The molecule has 0 rings (SSSR count). The van der Waals surface area contributed by atoms with E-state index in [9.17, 15) is 19.2 Å². The molecule has 206 valence electrons. The molecule has 0 saturated carbocycles. The van der Waals surface area contributed by atoms with Gasteiger partial charge in [-0.15, -0.1) is 0 Å². The van der Waals surface area contributed by atoms with Crippen molar-refractivity contribution in [3.63, 3.8) is 0 Å². The molecule has 0 spiro atoms. The highest BCUT2D eigenvalue weighted by Gasteiger charge is 2.21. The van der Waals surface area contributed by atoms with Crippen molar-refractivity contribution in [1.29, 1.82) is 0 Å². The third-order valence-corrected chi connectivity index (χ3v) is 5.35. The Morgan fingerprint density at radius 3 is 1.86 bits per heavy atom. The maximum absolute atomic E-state index is 12.1. The van der Waals surface area contributed by atoms with E-state index in [1.54, 1.807) is 6.92 Å². The first-order valence-electron chi connectivity index (χ1n) is 13.1. The van der Waals surface area contributed by atoms with Gasteiger partial charge in [0.15, 0.2) is 0 Å². The van der Waals surface area contributed by atoms with Gasteiger partial charge in [-0.3, -0.25) is 14.4 Å². The Morgan fingerprint density at radius 1 is 0.800 bits per heavy atom. The van der Waals surface area contributed by atoms with E-state index in [0.717, 1.165) is 25.7 Å².